The maximum atomic E-state index is 13.3. The Kier molecular flexibility index (Phi) is 3.35. The fraction of sp³-hybridized carbons (Fsp3) is 0.300. The molecule has 0 bridgehead atoms. The summed E-state index contributed by atoms with van der Waals surface area (Å²) in [6.07, 6.45) is -2.71. The highest BCUT2D eigenvalue weighted by atomic mass is 79.9. The summed E-state index contributed by atoms with van der Waals surface area (Å²) in [5.74, 6) is -0.613. The van der Waals surface area contributed by atoms with Crippen molar-refractivity contribution in [3.8, 4) is 0 Å². The number of nitrogens with zero attached hydrogens (tertiary/aromatic N) is 4. The van der Waals surface area contributed by atoms with Crippen molar-refractivity contribution in [2.45, 2.75) is 11.8 Å². The van der Waals surface area contributed by atoms with Crippen LogP contribution in [0, 0.1) is 0 Å². The van der Waals surface area contributed by atoms with Gasteiger partial charge in [0.1, 0.15) is 10.9 Å². The molecule has 19 heavy (non-hydrogen) atoms. The Labute approximate surface area is 114 Å². The molecule has 2 rings (SSSR count). The Morgan fingerprint density at radius 1 is 1.37 bits per heavy atom. The third-order valence-electron chi connectivity index (χ3n) is 2.59. The number of aryl methyl sites for hydroxylation is 1. The molecule has 2 aromatic heterocycles. The van der Waals surface area contributed by atoms with Crippen LogP contribution in [0.4, 0.5) is 13.2 Å². The summed E-state index contributed by atoms with van der Waals surface area (Å²) >= 11 is 2.97. The molecule has 2 heterocycles. The van der Waals surface area contributed by atoms with Gasteiger partial charge in [-0.3, -0.25) is 0 Å². The first-order valence-corrected chi connectivity index (χ1v) is 5.81. The Hall–Kier alpha value is -1.48. The molecule has 1 atom stereocenters. The lowest BCUT2D eigenvalue weighted by Gasteiger charge is -2.29. The standard InChI is InChI=1S/C10H8BrF3N4O/c1-18-5-16-17-8(18)9(19,10(12,13)14)6-2-3-15-7(11)4-6/h2-5,19H,1H3. The van der Waals surface area contributed by atoms with E-state index in [1.807, 2.05) is 0 Å². The average Bonchev–Trinajstić information content (AvgIpc) is 2.73. The van der Waals surface area contributed by atoms with E-state index < -0.39 is 23.2 Å². The van der Waals surface area contributed by atoms with Crippen LogP contribution >= 0.6 is 15.9 Å². The minimum Gasteiger partial charge on any atom is -0.370 e. The van der Waals surface area contributed by atoms with Crippen molar-refractivity contribution in [1.82, 2.24) is 19.7 Å². The minimum atomic E-state index is -4.95. The lowest BCUT2D eigenvalue weighted by molar-refractivity contribution is -0.252. The molecular weight excluding hydrogens is 329 g/mol. The van der Waals surface area contributed by atoms with Gasteiger partial charge in [0.15, 0.2) is 5.82 Å². The number of aliphatic hydroxyl groups is 1. The summed E-state index contributed by atoms with van der Waals surface area (Å²) in [5.41, 5.74) is -3.64. The van der Waals surface area contributed by atoms with Crippen molar-refractivity contribution in [3.05, 3.63) is 40.6 Å². The molecule has 1 unspecified atom stereocenters. The highest BCUT2D eigenvalue weighted by molar-refractivity contribution is 9.10. The SMILES string of the molecule is Cn1cnnc1C(O)(c1ccnc(Br)c1)C(F)(F)F. The molecule has 2 aromatic rings. The Balaban J connectivity index is 2.70. The van der Waals surface area contributed by atoms with Crippen molar-refractivity contribution in [1.29, 1.82) is 0 Å². The summed E-state index contributed by atoms with van der Waals surface area (Å²) in [5, 5.41) is 16.9. The van der Waals surface area contributed by atoms with Crippen LogP contribution in [0.3, 0.4) is 0 Å². The largest absolute Gasteiger partial charge is 0.428 e. The molecule has 0 saturated heterocycles. The highest BCUT2D eigenvalue weighted by Crippen LogP contribution is 2.43. The van der Waals surface area contributed by atoms with Gasteiger partial charge in [0.25, 0.3) is 0 Å². The van der Waals surface area contributed by atoms with Crippen LogP contribution in [-0.4, -0.2) is 31.0 Å². The molecule has 0 radical (unpaired) electrons. The first-order valence-electron chi connectivity index (χ1n) is 5.02. The second kappa shape index (κ2) is 4.57. The zero-order valence-electron chi connectivity index (χ0n) is 9.56. The normalized spacial score (nSPS) is 15.3. The molecule has 0 aliphatic rings. The molecule has 0 spiro atoms. The van der Waals surface area contributed by atoms with E-state index in [1.165, 1.54) is 7.05 Å². The van der Waals surface area contributed by atoms with Gasteiger partial charge in [0, 0.05) is 18.8 Å². The van der Waals surface area contributed by atoms with Gasteiger partial charge in [-0.1, -0.05) is 0 Å². The van der Waals surface area contributed by atoms with Gasteiger partial charge in [0.2, 0.25) is 5.60 Å². The number of hydrogen-bond acceptors (Lipinski definition) is 4. The lowest BCUT2D eigenvalue weighted by Crippen LogP contribution is -2.45. The zero-order valence-corrected chi connectivity index (χ0v) is 11.1. The van der Waals surface area contributed by atoms with Crippen molar-refractivity contribution < 1.29 is 18.3 Å². The third-order valence-corrected chi connectivity index (χ3v) is 3.02. The smallest absolute Gasteiger partial charge is 0.370 e. The van der Waals surface area contributed by atoms with Gasteiger partial charge >= 0.3 is 6.18 Å². The van der Waals surface area contributed by atoms with Gasteiger partial charge in [0.05, 0.1) is 0 Å². The number of aromatic nitrogens is 4. The molecule has 1 N–H and O–H groups in total. The van der Waals surface area contributed by atoms with E-state index in [0.29, 0.717) is 0 Å². The van der Waals surface area contributed by atoms with E-state index in [0.717, 1.165) is 29.2 Å². The van der Waals surface area contributed by atoms with E-state index in [4.69, 9.17) is 0 Å². The molecule has 0 fully saturated rings. The fourth-order valence-electron chi connectivity index (χ4n) is 1.66. The molecule has 0 saturated carbocycles. The highest BCUT2D eigenvalue weighted by Gasteiger charge is 2.59. The van der Waals surface area contributed by atoms with Crippen molar-refractivity contribution >= 4 is 15.9 Å². The molecule has 0 amide bonds. The molecule has 0 aromatic carbocycles. The summed E-state index contributed by atoms with van der Waals surface area (Å²) < 4.78 is 41.1. The van der Waals surface area contributed by atoms with E-state index in [9.17, 15) is 18.3 Å². The average molecular weight is 337 g/mol. The monoisotopic (exact) mass is 336 g/mol. The maximum Gasteiger partial charge on any atom is 0.428 e. The lowest BCUT2D eigenvalue weighted by atomic mass is 9.93. The van der Waals surface area contributed by atoms with Crippen LogP contribution in [-0.2, 0) is 12.6 Å². The van der Waals surface area contributed by atoms with Crippen LogP contribution in [0.2, 0.25) is 0 Å². The van der Waals surface area contributed by atoms with E-state index in [-0.39, 0.29) is 4.60 Å². The number of hydrogen-bond donors (Lipinski definition) is 1. The van der Waals surface area contributed by atoms with Crippen LogP contribution in [0.25, 0.3) is 0 Å². The third kappa shape index (κ3) is 2.23. The summed E-state index contributed by atoms with van der Waals surface area (Å²) in [4.78, 5) is 3.73. The fourth-order valence-corrected chi connectivity index (χ4v) is 2.02. The zero-order chi connectivity index (χ0) is 14.3. The Bertz CT molecular complexity index is 600. The second-order valence-electron chi connectivity index (χ2n) is 3.84. The first kappa shape index (κ1) is 13.9. The number of pyridine rings is 1. The first-order chi connectivity index (χ1) is 8.76. The van der Waals surface area contributed by atoms with Crippen LogP contribution in [0.15, 0.2) is 29.3 Å². The number of alkyl halides is 3. The molecule has 9 heteroatoms. The van der Waals surface area contributed by atoms with Gasteiger partial charge in [-0.05, 0) is 28.1 Å². The molecule has 5 nitrogen and oxygen atoms in total. The van der Waals surface area contributed by atoms with E-state index in [2.05, 4.69) is 31.1 Å². The molecular formula is C10H8BrF3N4O. The minimum absolute atomic E-state index is 0.176. The summed E-state index contributed by atoms with van der Waals surface area (Å²) in [6.45, 7) is 0. The summed E-state index contributed by atoms with van der Waals surface area (Å²) in [6, 6.07) is 2.16. The molecule has 102 valence electrons. The molecule has 0 aliphatic carbocycles. The Morgan fingerprint density at radius 3 is 2.53 bits per heavy atom. The quantitative estimate of drug-likeness (QED) is 0.849. The van der Waals surface area contributed by atoms with Crippen molar-refractivity contribution in [2.75, 3.05) is 0 Å². The van der Waals surface area contributed by atoms with Gasteiger partial charge in [-0.25, -0.2) is 4.98 Å². The second-order valence-corrected chi connectivity index (χ2v) is 4.65. The van der Waals surface area contributed by atoms with Gasteiger partial charge in [-0.2, -0.15) is 13.2 Å². The number of halogens is 4. The predicted octanol–water partition coefficient (Wildman–Crippen LogP) is 1.77. The van der Waals surface area contributed by atoms with Crippen molar-refractivity contribution in [3.63, 3.8) is 0 Å². The van der Waals surface area contributed by atoms with Gasteiger partial charge < -0.3 is 9.67 Å². The van der Waals surface area contributed by atoms with E-state index >= 15 is 0 Å². The summed E-state index contributed by atoms with van der Waals surface area (Å²) in [7, 11) is 1.32. The maximum absolute atomic E-state index is 13.3. The van der Waals surface area contributed by atoms with Crippen LogP contribution < -0.4 is 0 Å². The Morgan fingerprint density at radius 2 is 2.05 bits per heavy atom. The number of rotatable bonds is 2. The van der Waals surface area contributed by atoms with Crippen LogP contribution in [0.5, 0.6) is 0 Å². The van der Waals surface area contributed by atoms with E-state index in [1.54, 1.807) is 0 Å². The predicted molar refractivity (Wildman–Crippen MR) is 62.0 cm³/mol. The topological polar surface area (TPSA) is 63.8 Å². The molecule has 0 aliphatic heterocycles. The van der Waals surface area contributed by atoms with Crippen molar-refractivity contribution in [2.24, 2.45) is 7.05 Å². The van der Waals surface area contributed by atoms with Crippen LogP contribution in [0.1, 0.15) is 11.4 Å². The van der Waals surface area contributed by atoms with Gasteiger partial charge in [-0.15, -0.1) is 10.2 Å².